The van der Waals surface area contributed by atoms with Crippen LogP contribution in [-0.4, -0.2) is 37.2 Å². The lowest BCUT2D eigenvalue weighted by molar-refractivity contribution is -0.163. The maximum absolute atomic E-state index is 13.5. The molecule has 33 heavy (non-hydrogen) atoms. The Kier molecular flexibility index (Phi) is 5.73. The highest BCUT2D eigenvalue weighted by atomic mass is 79.9. The molecular formula is C23H22BrF3N2O4. The van der Waals surface area contributed by atoms with Gasteiger partial charge in [-0.1, -0.05) is 28.1 Å². The Morgan fingerprint density at radius 1 is 1.27 bits per heavy atom. The van der Waals surface area contributed by atoms with Gasteiger partial charge in [0.15, 0.2) is 5.92 Å². The Morgan fingerprint density at radius 3 is 2.48 bits per heavy atom. The number of benzene rings is 2. The van der Waals surface area contributed by atoms with Gasteiger partial charge < -0.3 is 19.6 Å². The van der Waals surface area contributed by atoms with E-state index in [0.29, 0.717) is 27.0 Å². The predicted octanol–water partition coefficient (Wildman–Crippen LogP) is 4.39. The summed E-state index contributed by atoms with van der Waals surface area (Å²) in [6, 6.07) is 7.76. The van der Waals surface area contributed by atoms with Crippen LogP contribution < -0.4 is 9.80 Å². The van der Waals surface area contributed by atoms with E-state index >= 15 is 0 Å². The molecule has 3 unspecified atom stereocenters. The van der Waals surface area contributed by atoms with Crippen LogP contribution in [0.1, 0.15) is 36.6 Å². The molecule has 4 rings (SSSR count). The maximum atomic E-state index is 13.5. The number of ether oxygens (including phenoxy) is 1. The van der Waals surface area contributed by atoms with Gasteiger partial charge in [-0.3, -0.25) is 9.59 Å². The van der Waals surface area contributed by atoms with Gasteiger partial charge in [0.2, 0.25) is 5.91 Å². The van der Waals surface area contributed by atoms with E-state index in [9.17, 15) is 27.9 Å². The van der Waals surface area contributed by atoms with Crippen molar-refractivity contribution in [2.24, 2.45) is 5.92 Å². The third kappa shape index (κ3) is 3.78. The molecule has 6 nitrogen and oxygen atoms in total. The number of likely N-dealkylation sites (N-methyl/N-ethyl adjacent to an activating group) is 1. The molecule has 2 aromatic rings. The number of amides is 1. The molecule has 0 saturated heterocycles. The summed E-state index contributed by atoms with van der Waals surface area (Å²) in [4.78, 5) is 29.4. The minimum absolute atomic E-state index is 0.0478. The molecule has 0 aliphatic carbocycles. The van der Waals surface area contributed by atoms with Crippen molar-refractivity contribution in [3.63, 3.8) is 0 Å². The Hall–Kier alpha value is -2.59. The highest BCUT2D eigenvalue weighted by Crippen LogP contribution is 2.52. The molecule has 2 aliphatic rings. The van der Waals surface area contributed by atoms with Crippen LogP contribution in [0, 0.1) is 5.92 Å². The summed E-state index contributed by atoms with van der Waals surface area (Å²) in [5.41, 5.74) is -0.526. The van der Waals surface area contributed by atoms with E-state index in [-0.39, 0.29) is 13.2 Å². The van der Waals surface area contributed by atoms with E-state index in [1.807, 2.05) is 4.90 Å². The lowest BCUT2D eigenvalue weighted by atomic mass is 9.76. The number of esters is 1. The van der Waals surface area contributed by atoms with Crippen molar-refractivity contribution in [1.29, 1.82) is 0 Å². The van der Waals surface area contributed by atoms with E-state index in [2.05, 4.69) is 15.9 Å². The first-order chi connectivity index (χ1) is 15.4. The fourth-order valence-corrected chi connectivity index (χ4v) is 5.05. The molecule has 0 bridgehead atoms. The average Bonchev–Trinajstić information content (AvgIpc) is 2.72. The van der Waals surface area contributed by atoms with Crippen LogP contribution in [-0.2, 0) is 26.1 Å². The molecule has 2 aliphatic heterocycles. The van der Waals surface area contributed by atoms with Crippen molar-refractivity contribution in [3.8, 4) is 0 Å². The normalized spacial score (nSPS) is 24.5. The molecule has 10 heteroatoms. The van der Waals surface area contributed by atoms with Crippen molar-refractivity contribution in [2.45, 2.75) is 31.7 Å². The third-order valence-electron chi connectivity index (χ3n) is 6.29. The summed E-state index contributed by atoms with van der Waals surface area (Å²) in [5, 5.41) is 11.3. The van der Waals surface area contributed by atoms with Crippen molar-refractivity contribution in [3.05, 3.63) is 57.6 Å². The fourth-order valence-electron chi connectivity index (χ4n) is 4.61. The fraction of sp³-hybridized carbons (Fsp3) is 0.391. The number of nitrogens with zero attached hydrogens (tertiary/aromatic N) is 2. The van der Waals surface area contributed by atoms with E-state index in [1.54, 1.807) is 26.1 Å². The van der Waals surface area contributed by atoms with Gasteiger partial charge in [0.1, 0.15) is 5.60 Å². The first-order valence-electron chi connectivity index (χ1n) is 10.3. The summed E-state index contributed by atoms with van der Waals surface area (Å²) in [6.45, 7) is 3.16. The summed E-state index contributed by atoms with van der Waals surface area (Å²) in [7, 11) is 1.78. The van der Waals surface area contributed by atoms with E-state index < -0.39 is 41.2 Å². The monoisotopic (exact) mass is 526 g/mol. The lowest BCUT2D eigenvalue weighted by Gasteiger charge is -2.49. The number of hydrogen-bond acceptors (Lipinski definition) is 5. The predicted molar refractivity (Wildman–Crippen MR) is 119 cm³/mol. The number of halogens is 4. The van der Waals surface area contributed by atoms with E-state index in [4.69, 9.17) is 4.74 Å². The van der Waals surface area contributed by atoms with Gasteiger partial charge in [0, 0.05) is 17.1 Å². The maximum Gasteiger partial charge on any atom is 0.416 e. The van der Waals surface area contributed by atoms with Crippen LogP contribution >= 0.6 is 15.9 Å². The van der Waals surface area contributed by atoms with Gasteiger partial charge in [-0.25, -0.2) is 0 Å². The number of anilines is 2. The highest BCUT2D eigenvalue weighted by Gasteiger charge is 2.55. The van der Waals surface area contributed by atoms with Crippen LogP contribution in [0.25, 0.3) is 0 Å². The number of carbonyl (C=O) groups excluding carboxylic acids is 2. The van der Waals surface area contributed by atoms with Crippen LogP contribution in [0.15, 0.2) is 40.9 Å². The van der Waals surface area contributed by atoms with Crippen LogP contribution in [0.5, 0.6) is 0 Å². The standard InChI is InChI=1S/C23H22BrF3N2O4/c1-4-33-21(31)18-20(30)29-11-17(12-5-7-13(8-6-12)23(25,26)27)28(3)16-10-14(24)9-15(19(16)29)22(18,2)32/h5-10,17-18,32H,4,11H2,1-3H3. The quantitative estimate of drug-likeness (QED) is 0.474. The second-order valence-electron chi connectivity index (χ2n) is 8.35. The Labute approximate surface area is 197 Å². The van der Waals surface area contributed by atoms with Crippen molar-refractivity contribution in [1.82, 2.24) is 0 Å². The SMILES string of the molecule is CCOC(=O)C1C(=O)N2CC(c3ccc(C(F)(F)F)cc3)N(C)c3cc(Br)cc(c32)C1(C)O. The zero-order valence-corrected chi connectivity index (χ0v) is 19.7. The Balaban J connectivity index is 1.84. The first kappa shape index (κ1) is 23.6. The smallest absolute Gasteiger partial charge is 0.416 e. The van der Waals surface area contributed by atoms with Crippen molar-refractivity contribution in [2.75, 3.05) is 30.0 Å². The molecule has 1 amide bonds. The second kappa shape index (κ2) is 8.02. The van der Waals surface area contributed by atoms with Crippen molar-refractivity contribution < 1.29 is 32.6 Å². The minimum Gasteiger partial charge on any atom is -0.465 e. The largest absolute Gasteiger partial charge is 0.465 e. The second-order valence-corrected chi connectivity index (χ2v) is 9.26. The molecule has 2 aromatic carbocycles. The van der Waals surface area contributed by atoms with Gasteiger partial charge in [0.25, 0.3) is 0 Å². The van der Waals surface area contributed by atoms with Crippen LogP contribution in [0.3, 0.4) is 0 Å². The van der Waals surface area contributed by atoms with E-state index in [0.717, 1.165) is 12.1 Å². The molecule has 0 aromatic heterocycles. The number of hydrogen-bond donors (Lipinski definition) is 1. The molecule has 0 spiro atoms. The van der Waals surface area contributed by atoms with Gasteiger partial charge in [-0.15, -0.1) is 0 Å². The third-order valence-corrected chi connectivity index (χ3v) is 6.75. The molecule has 1 N–H and O–H groups in total. The molecular weight excluding hydrogens is 505 g/mol. The molecule has 0 radical (unpaired) electrons. The topological polar surface area (TPSA) is 70.1 Å². The van der Waals surface area contributed by atoms with Gasteiger partial charge in [-0.05, 0) is 43.7 Å². The molecule has 2 heterocycles. The van der Waals surface area contributed by atoms with Gasteiger partial charge in [-0.2, -0.15) is 13.2 Å². The number of carbonyl (C=O) groups is 2. The molecule has 0 fully saturated rings. The Morgan fingerprint density at radius 2 is 1.91 bits per heavy atom. The summed E-state index contributed by atoms with van der Waals surface area (Å²) in [6.07, 6.45) is -4.45. The molecule has 3 atom stereocenters. The summed E-state index contributed by atoms with van der Waals surface area (Å²) in [5.74, 6) is -2.91. The first-order valence-corrected chi connectivity index (χ1v) is 11.1. The molecule has 176 valence electrons. The van der Waals surface area contributed by atoms with Crippen LogP contribution in [0.4, 0.5) is 24.5 Å². The number of alkyl halides is 3. The minimum atomic E-state index is -4.45. The lowest BCUT2D eigenvalue weighted by Crippen LogP contribution is -2.58. The number of aliphatic hydroxyl groups is 1. The van der Waals surface area contributed by atoms with Crippen molar-refractivity contribution >= 4 is 39.2 Å². The van der Waals surface area contributed by atoms with Crippen LogP contribution in [0.2, 0.25) is 0 Å². The zero-order valence-electron chi connectivity index (χ0n) is 18.1. The number of rotatable bonds is 3. The van der Waals surface area contributed by atoms with Gasteiger partial charge in [0.05, 0.1) is 36.1 Å². The summed E-state index contributed by atoms with van der Waals surface area (Å²) >= 11 is 3.43. The molecule has 0 saturated carbocycles. The highest BCUT2D eigenvalue weighted by molar-refractivity contribution is 9.10. The Bertz CT molecular complexity index is 1120. The zero-order chi connectivity index (χ0) is 24.3. The average molecular weight is 527 g/mol. The summed E-state index contributed by atoms with van der Waals surface area (Å²) < 4.78 is 44.7. The van der Waals surface area contributed by atoms with Gasteiger partial charge >= 0.3 is 12.1 Å². The van der Waals surface area contributed by atoms with E-state index in [1.165, 1.54) is 24.0 Å².